The topological polar surface area (TPSA) is 0 Å². The van der Waals surface area contributed by atoms with Gasteiger partial charge < -0.3 is 0 Å². The van der Waals surface area contributed by atoms with Crippen molar-refractivity contribution < 1.29 is 4.39 Å². The van der Waals surface area contributed by atoms with E-state index in [9.17, 15) is 4.39 Å². The molecule has 1 atom stereocenters. The molecule has 0 saturated heterocycles. The third-order valence-corrected chi connectivity index (χ3v) is 3.37. The second-order valence-corrected chi connectivity index (χ2v) is 5.19. The molecule has 0 N–H and O–H groups in total. The zero-order chi connectivity index (χ0) is 13.8. The van der Waals surface area contributed by atoms with Gasteiger partial charge in [0.1, 0.15) is 6.17 Å². The maximum Gasteiger partial charge on any atom is 0.100 e. The van der Waals surface area contributed by atoms with Gasteiger partial charge in [0.15, 0.2) is 0 Å². The molecule has 0 aliphatic rings. The van der Waals surface area contributed by atoms with E-state index in [0.29, 0.717) is 6.42 Å². The molecular formula is C18H27F. The maximum atomic E-state index is 13.6. The van der Waals surface area contributed by atoms with Crippen molar-refractivity contribution in [3.63, 3.8) is 0 Å². The average molecular weight is 262 g/mol. The lowest BCUT2D eigenvalue weighted by atomic mass is 10.1. The quantitative estimate of drug-likeness (QED) is 0.442. The Morgan fingerprint density at radius 3 is 2.47 bits per heavy atom. The van der Waals surface area contributed by atoms with Crippen molar-refractivity contribution in [2.75, 3.05) is 0 Å². The average Bonchev–Trinajstić information content (AvgIpc) is 2.44. The van der Waals surface area contributed by atoms with Gasteiger partial charge >= 0.3 is 0 Å². The van der Waals surface area contributed by atoms with Crippen LogP contribution in [0.3, 0.4) is 0 Å². The van der Waals surface area contributed by atoms with Crippen LogP contribution in [0.25, 0.3) is 6.08 Å². The number of allylic oxidation sites excluding steroid dienone is 1. The lowest BCUT2D eigenvalue weighted by Gasteiger charge is -2.06. The molecule has 0 radical (unpaired) electrons. The lowest BCUT2D eigenvalue weighted by molar-refractivity contribution is 0.283. The molecule has 0 saturated carbocycles. The summed E-state index contributed by atoms with van der Waals surface area (Å²) >= 11 is 0. The Labute approximate surface area is 117 Å². The monoisotopic (exact) mass is 262 g/mol. The van der Waals surface area contributed by atoms with E-state index in [-0.39, 0.29) is 0 Å². The van der Waals surface area contributed by atoms with Crippen LogP contribution in [0.2, 0.25) is 0 Å². The van der Waals surface area contributed by atoms with E-state index >= 15 is 0 Å². The van der Waals surface area contributed by atoms with Gasteiger partial charge in [-0.25, -0.2) is 4.39 Å². The summed E-state index contributed by atoms with van der Waals surface area (Å²) in [5, 5.41) is 0. The number of hydrogen-bond acceptors (Lipinski definition) is 0. The van der Waals surface area contributed by atoms with Gasteiger partial charge in [0.05, 0.1) is 0 Å². The Morgan fingerprint density at radius 1 is 1.00 bits per heavy atom. The summed E-state index contributed by atoms with van der Waals surface area (Å²) in [6, 6.07) is 10.3. The van der Waals surface area contributed by atoms with Gasteiger partial charge in [-0.05, 0) is 31.2 Å². The summed E-state index contributed by atoms with van der Waals surface area (Å²) in [6.07, 6.45) is 11.8. The smallest absolute Gasteiger partial charge is 0.100 e. The van der Waals surface area contributed by atoms with Crippen molar-refractivity contribution in [3.8, 4) is 0 Å². The number of benzene rings is 1. The predicted molar refractivity (Wildman–Crippen MR) is 83.0 cm³/mol. The van der Waals surface area contributed by atoms with E-state index in [1.54, 1.807) is 0 Å². The van der Waals surface area contributed by atoms with Gasteiger partial charge in [0.2, 0.25) is 0 Å². The van der Waals surface area contributed by atoms with Crippen molar-refractivity contribution in [1.82, 2.24) is 0 Å². The molecule has 0 heterocycles. The van der Waals surface area contributed by atoms with Crippen LogP contribution in [0.15, 0.2) is 36.4 Å². The van der Waals surface area contributed by atoms with Gasteiger partial charge in [0, 0.05) is 0 Å². The molecular weight excluding hydrogens is 235 g/mol. The summed E-state index contributed by atoms with van der Waals surface area (Å²) < 4.78 is 13.6. The molecule has 1 unspecified atom stereocenters. The fraction of sp³-hybridized carbons (Fsp3) is 0.556. The molecule has 1 aromatic rings. The highest BCUT2D eigenvalue weighted by molar-refractivity contribution is 5.48. The number of unbranched alkanes of at least 4 members (excludes halogenated alkanes) is 4. The molecule has 0 fully saturated rings. The van der Waals surface area contributed by atoms with Crippen LogP contribution >= 0.6 is 0 Å². The van der Waals surface area contributed by atoms with Crippen LogP contribution in [0.1, 0.15) is 63.9 Å². The van der Waals surface area contributed by atoms with E-state index in [1.807, 2.05) is 18.2 Å². The minimum atomic E-state index is -0.595. The normalized spacial score (nSPS) is 12.9. The highest BCUT2D eigenvalue weighted by Crippen LogP contribution is 2.14. The number of rotatable bonds is 10. The van der Waals surface area contributed by atoms with Crippen LogP contribution < -0.4 is 0 Å². The fourth-order valence-electron chi connectivity index (χ4n) is 2.18. The number of alkyl halides is 1. The zero-order valence-electron chi connectivity index (χ0n) is 12.2. The van der Waals surface area contributed by atoms with Gasteiger partial charge in [-0.1, -0.05) is 75.1 Å². The molecule has 0 aliphatic carbocycles. The van der Waals surface area contributed by atoms with Crippen LogP contribution in [0, 0.1) is 0 Å². The molecule has 1 heteroatoms. The van der Waals surface area contributed by atoms with Gasteiger partial charge in [0.25, 0.3) is 0 Å². The van der Waals surface area contributed by atoms with Crippen molar-refractivity contribution in [1.29, 1.82) is 0 Å². The van der Waals surface area contributed by atoms with Crippen molar-refractivity contribution in [2.24, 2.45) is 0 Å². The first-order chi connectivity index (χ1) is 9.33. The Balaban J connectivity index is 2.02. The SMILES string of the molecule is CCCCCCC(F)CCCC=Cc1ccccc1. The zero-order valence-corrected chi connectivity index (χ0v) is 12.2. The van der Waals surface area contributed by atoms with Crippen LogP contribution in [-0.4, -0.2) is 6.17 Å². The first-order valence-electron chi connectivity index (χ1n) is 7.68. The van der Waals surface area contributed by atoms with E-state index in [4.69, 9.17) is 0 Å². The van der Waals surface area contributed by atoms with Gasteiger partial charge in [-0.3, -0.25) is 0 Å². The minimum absolute atomic E-state index is 0.595. The first-order valence-corrected chi connectivity index (χ1v) is 7.68. The van der Waals surface area contributed by atoms with Crippen molar-refractivity contribution in [2.45, 2.75) is 64.5 Å². The third kappa shape index (κ3) is 8.58. The summed E-state index contributed by atoms with van der Waals surface area (Å²) in [5.41, 5.74) is 1.22. The molecule has 1 rings (SSSR count). The van der Waals surface area contributed by atoms with Crippen molar-refractivity contribution >= 4 is 6.08 Å². The van der Waals surface area contributed by atoms with Crippen LogP contribution in [0.5, 0.6) is 0 Å². The van der Waals surface area contributed by atoms with Crippen molar-refractivity contribution in [3.05, 3.63) is 42.0 Å². The standard InChI is InChI=1S/C18H27F/c1-2-3-4-10-15-18(19)16-11-6-9-14-17-12-7-5-8-13-17/h5,7-9,12-14,18H,2-4,6,10-11,15-16H2,1H3. The van der Waals surface area contributed by atoms with E-state index < -0.39 is 6.17 Å². The number of halogens is 1. The molecule has 0 amide bonds. The maximum absolute atomic E-state index is 13.6. The van der Waals surface area contributed by atoms with Crippen LogP contribution in [-0.2, 0) is 0 Å². The molecule has 0 bridgehead atoms. The highest BCUT2D eigenvalue weighted by Gasteiger charge is 2.04. The van der Waals surface area contributed by atoms with E-state index in [0.717, 1.165) is 25.7 Å². The number of hydrogen-bond donors (Lipinski definition) is 0. The lowest BCUT2D eigenvalue weighted by Crippen LogP contribution is -1.99. The van der Waals surface area contributed by atoms with E-state index in [2.05, 4.69) is 31.2 Å². The summed E-state index contributed by atoms with van der Waals surface area (Å²) in [6.45, 7) is 2.19. The Kier molecular flexibility index (Phi) is 9.05. The molecule has 0 nitrogen and oxygen atoms in total. The largest absolute Gasteiger partial charge is 0.247 e. The first kappa shape index (κ1) is 15.9. The molecule has 19 heavy (non-hydrogen) atoms. The Morgan fingerprint density at radius 2 is 1.74 bits per heavy atom. The fourth-order valence-corrected chi connectivity index (χ4v) is 2.18. The van der Waals surface area contributed by atoms with E-state index in [1.165, 1.54) is 24.8 Å². The summed E-state index contributed by atoms with van der Waals surface area (Å²) in [5.74, 6) is 0. The second kappa shape index (κ2) is 10.8. The summed E-state index contributed by atoms with van der Waals surface area (Å²) in [7, 11) is 0. The molecule has 106 valence electrons. The van der Waals surface area contributed by atoms with Gasteiger partial charge in [-0.15, -0.1) is 0 Å². The Bertz CT molecular complexity index is 329. The Hall–Kier alpha value is -1.11. The molecule has 0 spiro atoms. The molecule has 0 aromatic heterocycles. The molecule has 1 aromatic carbocycles. The van der Waals surface area contributed by atoms with Crippen LogP contribution in [0.4, 0.5) is 4.39 Å². The molecule has 0 aliphatic heterocycles. The highest BCUT2D eigenvalue weighted by atomic mass is 19.1. The predicted octanol–water partition coefficient (Wildman–Crippen LogP) is 6.18. The summed E-state index contributed by atoms with van der Waals surface area (Å²) in [4.78, 5) is 0. The third-order valence-electron chi connectivity index (χ3n) is 3.37. The minimum Gasteiger partial charge on any atom is -0.247 e. The second-order valence-electron chi connectivity index (χ2n) is 5.19. The van der Waals surface area contributed by atoms with Gasteiger partial charge in [-0.2, -0.15) is 0 Å².